The van der Waals surface area contributed by atoms with Crippen LogP contribution in [0.2, 0.25) is 0 Å². The highest BCUT2D eigenvalue weighted by Gasteiger charge is 2.12. The van der Waals surface area contributed by atoms with Crippen molar-refractivity contribution in [2.75, 3.05) is 0 Å². The fraction of sp³-hybridized carbons (Fsp3) is 0.214. The van der Waals surface area contributed by atoms with Gasteiger partial charge in [-0.2, -0.15) is 0 Å². The Bertz CT molecular complexity index is 637. The van der Waals surface area contributed by atoms with Crippen LogP contribution in [0.15, 0.2) is 29.8 Å². The molecule has 0 aliphatic rings. The average molecular weight is 290 g/mol. The molecule has 20 heavy (non-hydrogen) atoms. The van der Waals surface area contributed by atoms with Gasteiger partial charge < -0.3 is 10.4 Å². The maximum absolute atomic E-state index is 12.0. The van der Waals surface area contributed by atoms with E-state index in [0.717, 1.165) is 12.0 Å². The van der Waals surface area contributed by atoms with Crippen LogP contribution in [-0.4, -0.2) is 22.0 Å². The molecular weight excluding hydrogens is 276 g/mol. The molecule has 0 bridgehead atoms. The lowest BCUT2D eigenvalue weighted by molar-refractivity contribution is 0.0696. The largest absolute Gasteiger partial charge is 0.478 e. The van der Waals surface area contributed by atoms with Crippen LogP contribution in [0.5, 0.6) is 0 Å². The molecule has 0 aromatic carbocycles. The van der Waals surface area contributed by atoms with E-state index in [0.29, 0.717) is 10.6 Å². The third-order valence-corrected chi connectivity index (χ3v) is 3.78. The van der Waals surface area contributed by atoms with Gasteiger partial charge in [0.25, 0.3) is 5.91 Å². The second-order valence-corrected chi connectivity index (χ2v) is 5.07. The third kappa shape index (κ3) is 3.21. The Labute approximate surface area is 120 Å². The van der Waals surface area contributed by atoms with Crippen molar-refractivity contribution in [3.05, 3.63) is 51.5 Å². The minimum atomic E-state index is -1.01. The van der Waals surface area contributed by atoms with Gasteiger partial charge in [0.15, 0.2) is 0 Å². The van der Waals surface area contributed by atoms with Gasteiger partial charge in [-0.05, 0) is 35.6 Å². The number of aromatic nitrogens is 1. The van der Waals surface area contributed by atoms with Crippen molar-refractivity contribution in [1.82, 2.24) is 10.3 Å². The van der Waals surface area contributed by atoms with E-state index >= 15 is 0 Å². The van der Waals surface area contributed by atoms with Gasteiger partial charge in [0.1, 0.15) is 0 Å². The second-order valence-electron chi connectivity index (χ2n) is 4.15. The number of carbonyl (C=O) groups excluding carboxylic acids is 1. The number of aromatic carboxylic acids is 1. The summed E-state index contributed by atoms with van der Waals surface area (Å²) < 4.78 is 0. The third-order valence-electron chi connectivity index (χ3n) is 2.83. The number of thiophene rings is 1. The lowest BCUT2D eigenvalue weighted by atomic mass is 10.2. The van der Waals surface area contributed by atoms with Crippen LogP contribution in [0.1, 0.15) is 38.2 Å². The van der Waals surface area contributed by atoms with Crippen molar-refractivity contribution < 1.29 is 14.7 Å². The van der Waals surface area contributed by atoms with Gasteiger partial charge >= 0.3 is 5.97 Å². The van der Waals surface area contributed by atoms with Gasteiger partial charge in [0, 0.05) is 6.20 Å². The molecule has 6 heteroatoms. The topological polar surface area (TPSA) is 79.3 Å². The van der Waals surface area contributed by atoms with Crippen LogP contribution in [-0.2, 0) is 13.0 Å². The zero-order valence-corrected chi connectivity index (χ0v) is 11.7. The van der Waals surface area contributed by atoms with Crippen molar-refractivity contribution >= 4 is 23.2 Å². The predicted octanol–water partition coefficient (Wildman–Crippen LogP) is 2.33. The van der Waals surface area contributed by atoms with Gasteiger partial charge in [-0.3, -0.25) is 9.78 Å². The molecule has 2 heterocycles. The predicted molar refractivity (Wildman–Crippen MR) is 76.1 cm³/mol. The first-order valence-corrected chi connectivity index (χ1v) is 7.02. The van der Waals surface area contributed by atoms with Gasteiger partial charge in [-0.25, -0.2) is 4.79 Å². The molecule has 104 valence electrons. The molecule has 2 aromatic heterocycles. The fourth-order valence-corrected chi connectivity index (χ4v) is 2.68. The number of hydrogen-bond donors (Lipinski definition) is 2. The Balaban J connectivity index is 2.03. The van der Waals surface area contributed by atoms with Crippen molar-refractivity contribution in [2.45, 2.75) is 19.9 Å². The number of aryl methyl sites for hydroxylation is 1. The Morgan fingerprint density at radius 1 is 1.40 bits per heavy atom. The molecule has 0 aliphatic carbocycles. The highest BCUT2D eigenvalue weighted by Crippen LogP contribution is 2.17. The lowest BCUT2D eigenvalue weighted by Crippen LogP contribution is -2.23. The van der Waals surface area contributed by atoms with Crippen LogP contribution in [0.25, 0.3) is 0 Å². The summed E-state index contributed by atoms with van der Waals surface area (Å²) in [5, 5.41) is 13.5. The minimum absolute atomic E-state index is 0.153. The molecule has 0 atom stereocenters. The van der Waals surface area contributed by atoms with Crippen molar-refractivity contribution in [3.8, 4) is 0 Å². The molecule has 2 rings (SSSR count). The average Bonchev–Trinajstić information content (AvgIpc) is 2.93. The highest BCUT2D eigenvalue weighted by molar-refractivity contribution is 7.12. The SMILES string of the molecule is CCc1ccsc1C(=O)NCc1cc(C(=O)O)ccn1. The van der Waals surface area contributed by atoms with Gasteiger partial charge in [-0.1, -0.05) is 6.92 Å². The van der Waals surface area contributed by atoms with E-state index < -0.39 is 5.97 Å². The fourth-order valence-electron chi connectivity index (χ4n) is 1.77. The summed E-state index contributed by atoms with van der Waals surface area (Å²) in [7, 11) is 0. The number of amides is 1. The summed E-state index contributed by atoms with van der Waals surface area (Å²) in [6.07, 6.45) is 2.23. The molecule has 2 N–H and O–H groups in total. The van der Waals surface area contributed by atoms with E-state index in [9.17, 15) is 9.59 Å². The Morgan fingerprint density at radius 3 is 2.90 bits per heavy atom. The van der Waals surface area contributed by atoms with Crippen LogP contribution in [0, 0.1) is 0 Å². The highest BCUT2D eigenvalue weighted by atomic mass is 32.1. The monoisotopic (exact) mass is 290 g/mol. The van der Waals surface area contributed by atoms with E-state index in [1.807, 2.05) is 18.4 Å². The number of carbonyl (C=O) groups is 2. The zero-order chi connectivity index (χ0) is 14.5. The van der Waals surface area contributed by atoms with Crippen molar-refractivity contribution in [1.29, 1.82) is 0 Å². The Kier molecular flexibility index (Phi) is 4.47. The van der Waals surface area contributed by atoms with Crippen LogP contribution in [0.3, 0.4) is 0 Å². The quantitative estimate of drug-likeness (QED) is 0.885. The van der Waals surface area contributed by atoms with E-state index in [1.165, 1.54) is 29.7 Å². The Hall–Kier alpha value is -2.21. The molecule has 0 spiro atoms. The summed E-state index contributed by atoms with van der Waals surface area (Å²) >= 11 is 1.40. The number of rotatable bonds is 5. The van der Waals surface area contributed by atoms with Gasteiger partial charge in [0.2, 0.25) is 0 Å². The first kappa shape index (κ1) is 14.2. The summed E-state index contributed by atoms with van der Waals surface area (Å²) in [6, 6.07) is 4.81. The van der Waals surface area contributed by atoms with E-state index in [2.05, 4.69) is 10.3 Å². The molecular formula is C14H14N2O3S. The molecule has 5 nitrogen and oxygen atoms in total. The molecule has 0 unspecified atom stereocenters. The lowest BCUT2D eigenvalue weighted by Gasteiger charge is -2.05. The maximum Gasteiger partial charge on any atom is 0.335 e. The molecule has 0 aliphatic heterocycles. The molecule has 0 fully saturated rings. The molecule has 2 aromatic rings. The molecule has 0 saturated heterocycles. The number of hydrogen-bond acceptors (Lipinski definition) is 4. The number of nitrogens with zero attached hydrogens (tertiary/aromatic N) is 1. The van der Waals surface area contributed by atoms with Crippen LogP contribution in [0.4, 0.5) is 0 Å². The zero-order valence-electron chi connectivity index (χ0n) is 10.9. The summed E-state index contributed by atoms with van der Waals surface area (Å²) in [4.78, 5) is 27.6. The number of nitrogens with one attached hydrogen (secondary N) is 1. The number of carboxylic acids is 1. The van der Waals surface area contributed by atoms with E-state index in [1.54, 1.807) is 0 Å². The summed E-state index contributed by atoms with van der Waals surface area (Å²) in [5.74, 6) is -1.16. The molecule has 0 radical (unpaired) electrons. The molecule has 1 amide bonds. The number of carboxylic acid groups (broad SMARTS) is 1. The second kappa shape index (κ2) is 6.29. The minimum Gasteiger partial charge on any atom is -0.478 e. The number of pyridine rings is 1. The first-order valence-electron chi connectivity index (χ1n) is 6.14. The van der Waals surface area contributed by atoms with Crippen LogP contribution < -0.4 is 5.32 Å². The first-order chi connectivity index (χ1) is 9.61. The standard InChI is InChI=1S/C14H14N2O3S/c1-2-9-4-6-20-12(9)13(17)16-8-11-7-10(14(18)19)3-5-15-11/h3-7H,2,8H2,1H3,(H,16,17)(H,18,19). The summed E-state index contributed by atoms with van der Waals surface area (Å²) in [5.41, 5.74) is 1.70. The summed E-state index contributed by atoms with van der Waals surface area (Å²) in [6.45, 7) is 2.21. The van der Waals surface area contributed by atoms with Crippen molar-refractivity contribution in [3.63, 3.8) is 0 Å². The van der Waals surface area contributed by atoms with Gasteiger partial charge in [-0.15, -0.1) is 11.3 Å². The van der Waals surface area contributed by atoms with E-state index in [-0.39, 0.29) is 18.0 Å². The van der Waals surface area contributed by atoms with E-state index in [4.69, 9.17) is 5.11 Å². The van der Waals surface area contributed by atoms with Gasteiger partial charge in [0.05, 0.1) is 22.7 Å². The Morgan fingerprint density at radius 2 is 2.20 bits per heavy atom. The van der Waals surface area contributed by atoms with Crippen LogP contribution >= 0.6 is 11.3 Å². The smallest absolute Gasteiger partial charge is 0.335 e. The normalized spacial score (nSPS) is 10.2. The molecule has 0 saturated carbocycles. The maximum atomic E-state index is 12.0. The van der Waals surface area contributed by atoms with Crippen molar-refractivity contribution in [2.24, 2.45) is 0 Å².